The molecule has 0 N–H and O–H groups in total. The Morgan fingerprint density at radius 2 is 1.68 bits per heavy atom. The third-order valence-corrected chi connectivity index (χ3v) is 4.53. The molecule has 1 atom stereocenters. The number of ketones is 1. The maximum Gasteiger partial charge on any atom is 0.417 e. The highest BCUT2D eigenvalue weighted by molar-refractivity contribution is 6.17. The maximum absolute atomic E-state index is 13.3. The molecule has 25 heavy (non-hydrogen) atoms. The summed E-state index contributed by atoms with van der Waals surface area (Å²) in [5.41, 5.74) is -0.0697. The number of halogens is 3. The number of aromatic nitrogens is 1. The second kappa shape index (κ2) is 6.39. The lowest BCUT2D eigenvalue weighted by Crippen LogP contribution is -2.13. The number of benzene rings is 2. The molecule has 5 heteroatoms. The Morgan fingerprint density at radius 1 is 1.04 bits per heavy atom. The first kappa shape index (κ1) is 17.3. The summed E-state index contributed by atoms with van der Waals surface area (Å²) in [6.45, 7) is 4.05. The topological polar surface area (TPSA) is 22.0 Å². The van der Waals surface area contributed by atoms with E-state index in [4.69, 9.17) is 0 Å². The number of carbonyl (C=O) groups excluding carboxylic acids is 1. The van der Waals surface area contributed by atoms with E-state index in [9.17, 15) is 18.0 Å². The van der Waals surface area contributed by atoms with Crippen molar-refractivity contribution in [2.75, 3.05) is 0 Å². The number of rotatable bonds is 4. The second-order valence-corrected chi connectivity index (χ2v) is 6.10. The molecular weight excluding hydrogens is 327 g/mol. The molecule has 0 aliphatic carbocycles. The lowest BCUT2D eigenvalue weighted by atomic mass is 9.98. The Balaban J connectivity index is 2.20. The standard InChI is InChI=1S/C20H18F3NO/c1-3-13(2)24-12-16(14-8-5-7-11-18(14)24)19(25)15-9-4-6-10-17(15)20(21,22)23/h4-13H,3H2,1-2H3. The maximum atomic E-state index is 13.3. The predicted octanol–water partition coefficient (Wildman–Crippen LogP) is 5.86. The number of hydrogen-bond donors (Lipinski definition) is 0. The van der Waals surface area contributed by atoms with Gasteiger partial charge in [0, 0.05) is 34.3 Å². The lowest BCUT2D eigenvalue weighted by molar-refractivity contribution is -0.137. The van der Waals surface area contributed by atoms with Crippen molar-refractivity contribution in [3.05, 3.63) is 71.4 Å². The van der Waals surface area contributed by atoms with E-state index in [2.05, 4.69) is 0 Å². The van der Waals surface area contributed by atoms with Gasteiger partial charge < -0.3 is 4.57 Å². The van der Waals surface area contributed by atoms with Crippen LogP contribution >= 0.6 is 0 Å². The largest absolute Gasteiger partial charge is 0.417 e. The van der Waals surface area contributed by atoms with E-state index in [-0.39, 0.29) is 11.6 Å². The van der Waals surface area contributed by atoms with Crippen molar-refractivity contribution in [3.8, 4) is 0 Å². The molecule has 0 aliphatic rings. The highest BCUT2D eigenvalue weighted by Gasteiger charge is 2.35. The first-order chi connectivity index (χ1) is 11.8. The van der Waals surface area contributed by atoms with Crippen molar-refractivity contribution in [1.82, 2.24) is 4.57 Å². The van der Waals surface area contributed by atoms with Crippen LogP contribution in [0, 0.1) is 0 Å². The predicted molar refractivity (Wildman–Crippen MR) is 91.8 cm³/mol. The van der Waals surface area contributed by atoms with Gasteiger partial charge in [-0.2, -0.15) is 13.2 Å². The van der Waals surface area contributed by atoms with Crippen molar-refractivity contribution >= 4 is 16.7 Å². The number of alkyl halides is 3. The summed E-state index contributed by atoms with van der Waals surface area (Å²) in [5, 5.41) is 0.671. The zero-order valence-electron chi connectivity index (χ0n) is 14.0. The Morgan fingerprint density at radius 3 is 2.36 bits per heavy atom. The van der Waals surface area contributed by atoms with Gasteiger partial charge in [-0.25, -0.2) is 0 Å². The van der Waals surface area contributed by atoms with Crippen LogP contribution in [0.4, 0.5) is 13.2 Å². The van der Waals surface area contributed by atoms with E-state index in [0.717, 1.165) is 18.0 Å². The van der Waals surface area contributed by atoms with Gasteiger partial charge in [0.25, 0.3) is 0 Å². The fourth-order valence-corrected chi connectivity index (χ4v) is 3.02. The molecule has 0 aliphatic heterocycles. The minimum atomic E-state index is -4.57. The van der Waals surface area contributed by atoms with Crippen molar-refractivity contribution in [1.29, 1.82) is 0 Å². The molecule has 0 spiro atoms. The van der Waals surface area contributed by atoms with Gasteiger partial charge in [0.15, 0.2) is 5.78 Å². The molecule has 130 valence electrons. The highest BCUT2D eigenvalue weighted by atomic mass is 19.4. The molecule has 1 aromatic heterocycles. The Kier molecular flexibility index (Phi) is 4.41. The summed E-state index contributed by atoms with van der Waals surface area (Å²) in [6, 6.07) is 12.4. The average Bonchev–Trinajstić information content (AvgIpc) is 2.99. The smallest absolute Gasteiger partial charge is 0.344 e. The fraction of sp³-hybridized carbons (Fsp3) is 0.250. The fourth-order valence-electron chi connectivity index (χ4n) is 3.02. The summed E-state index contributed by atoms with van der Waals surface area (Å²) < 4.78 is 41.8. The van der Waals surface area contributed by atoms with E-state index in [1.54, 1.807) is 18.3 Å². The van der Waals surface area contributed by atoms with Crippen molar-refractivity contribution in [3.63, 3.8) is 0 Å². The van der Waals surface area contributed by atoms with Gasteiger partial charge in [0.05, 0.1) is 5.56 Å². The first-order valence-corrected chi connectivity index (χ1v) is 8.15. The van der Waals surface area contributed by atoms with E-state index < -0.39 is 17.5 Å². The van der Waals surface area contributed by atoms with E-state index in [1.165, 1.54) is 18.2 Å². The molecule has 1 unspecified atom stereocenters. The van der Waals surface area contributed by atoms with Crippen LogP contribution in [-0.2, 0) is 6.18 Å². The van der Waals surface area contributed by atoms with Gasteiger partial charge >= 0.3 is 6.18 Å². The summed E-state index contributed by atoms with van der Waals surface area (Å²) in [7, 11) is 0. The SMILES string of the molecule is CCC(C)n1cc(C(=O)c2ccccc2C(F)(F)F)c2ccccc21. The summed E-state index contributed by atoms with van der Waals surface area (Å²) >= 11 is 0. The zero-order valence-corrected chi connectivity index (χ0v) is 14.0. The Labute approximate surface area is 143 Å². The summed E-state index contributed by atoms with van der Waals surface area (Å²) in [5.74, 6) is -0.605. The van der Waals surface area contributed by atoms with Gasteiger partial charge in [-0.1, -0.05) is 43.3 Å². The van der Waals surface area contributed by atoms with Crippen molar-refractivity contribution in [2.24, 2.45) is 0 Å². The first-order valence-electron chi connectivity index (χ1n) is 8.15. The third-order valence-electron chi connectivity index (χ3n) is 4.53. The molecule has 3 rings (SSSR count). The van der Waals surface area contributed by atoms with Gasteiger partial charge in [-0.15, -0.1) is 0 Å². The van der Waals surface area contributed by atoms with Gasteiger partial charge in [-0.3, -0.25) is 4.79 Å². The van der Waals surface area contributed by atoms with Crippen LogP contribution in [0.25, 0.3) is 10.9 Å². The molecule has 3 aromatic rings. The number of carbonyl (C=O) groups is 1. The molecule has 0 saturated heterocycles. The molecule has 2 nitrogen and oxygen atoms in total. The van der Waals surface area contributed by atoms with Crippen molar-refractivity contribution in [2.45, 2.75) is 32.5 Å². The minimum absolute atomic E-state index is 0.143. The third kappa shape index (κ3) is 3.06. The summed E-state index contributed by atoms with van der Waals surface area (Å²) in [6.07, 6.45) is -2.04. The van der Waals surface area contributed by atoms with Gasteiger partial charge in [0.2, 0.25) is 0 Å². The number of para-hydroxylation sites is 1. The highest BCUT2D eigenvalue weighted by Crippen LogP contribution is 2.34. The van der Waals surface area contributed by atoms with Crippen LogP contribution in [-0.4, -0.2) is 10.4 Å². The van der Waals surface area contributed by atoms with Crippen LogP contribution in [0.1, 0.15) is 47.8 Å². The van der Waals surface area contributed by atoms with Gasteiger partial charge in [-0.05, 0) is 25.5 Å². The monoisotopic (exact) mass is 345 g/mol. The molecule has 1 heterocycles. The normalized spacial score (nSPS) is 13.2. The molecule has 0 saturated carbocycles. The van der Waals surface area contributed by atoms with Crippen molar-refractivity contribution < 1.29 is 18.0 Å². The van der Waals surface area contributed by atoms with E-state index in [0.29, 0.717) is 10.9 Å². The van der Waals surface area contributed by atoms with Crippen LogP contribution in [0.3, 0.4) is 0 Å². The van der Waals surface area contributed by atoms with Crippen LogP contribution in [0.15, 0.2) is 54.7 Å². The van der Waals surface area contributed by atoms with Gasteiger partial charge in [0.1, 0.15) is 0 Å². The average molecular weight is 345 g/mol. The van der Waals surface area contributed by atoms with Crippen LogP contribution < -0.4 is 0 Å². The minimum Gasteiger partial charge on any atom is -0.344 e. The van der Waals surface area contributed by atoms with Crippen LogP contribution in [0.2, 0.25) is 0 Å². The number of hydrogen-bond acceptors (Lipinski definition) is 1. The second-order valence-electron chi connectivity index (χ2n) is 6.10. The molecule has 0 amide bonds. The number of fused-ring (bicyclic) bond motifs is 1. The molecule has 2 aromatic carbocycles. The molecular formula is C20H18F3NO. The Hall–Kier alpha value is -2.56. The Bertz CT molecular complexity index is 924. The molecule has 0 bridgehead atoms. The molecule has 0 fully saturated rings. The van der Waals surface area contributed by atoms with Crippen LogP contribution in [0.5, 0.6) is 0 Å². The molecule has 0 radical (unpaired) electrons. The van der Waals surface area contributed by atoms with E-state index >= 15 is 0 Å². The van der Waals surface area contributed by atoms with E-state index in [1.807, 2.05) is 30.5 Å². The summed E-state index contributed by atoms with van der Waals surface area (Å²) in [4.78, 5) is 12.9. The quantitative estimate of drug-likeness (QED) is 0.543. The number of nitrogens with zero attached hydrogens (tertiary/aromatic N) is 1. The lowest BCUT2D eigenvalue weighted by Gasteiger charge is -2.12. The zero-order chi connectivity index (χ0) is 18.2.